The molecule has 1 spiro atoms. The van der Waals surface area contributed by atoms with Gasteiger partial charge in [-0.25, -0.2) is 12.7 Å². The normalized spacial score (nSPS) is 34.7. The Hall–Kier alpha value is -0.840. The minimum absolute atomic E-state index is 0.00876. The number of hydrogen-bond donors (Lipinski definition) is 0. The van der Waals surface area contributed by atoms with Gasteiger partial charge in [-0.1, -0.05) is 52.5 Å². The molecule has 0 radical (unpaired) electrons. The number of allylic oxidation sites excluding steroid dienone is 1. The van der Waals surface area contributed by atoms with Crippen LogP contribution in [0.5, 0.6) is 0 Å². The van der Waals surface area contributed by atoms with Gasteiger partial charge in [0.15, 0.2) is 0 Å². The average Bonchev–Trinajstić information content (AvgIpc) is 3.08. The summed E-state index contributed by atoms with van der Waals surface area (Å²) >= 11 is 0. The van der Waals surface area contributed by atoms with Crippen molar-refractivity contribution in [2.24, 2.45) is 22.7 Å². The highest BCUT2D eigenvalue weighted by Gasteiger charge is 2.72. The first-order valence-corrected chi connectivity index (χ1v) is 11.9. The number of carbonyl (C=O) groups is 1. The van der Waals surface area contributed by atoms with Gasteiger partial charge in [-0.15, -0.1) is 6.58 Å². The number of rotatable bonds is 8. The number of amides is 1. The van der Waals surface area contributed by atoms with E-state index in [1.807, 2.05) is 0 Å². The second-order valence-corrected chi connectivity index (χ2v) is 11.3. The highest BCUT2D eigenvalue weighted by atomic mass is 32.2. The summed E-state index contributed by atoms with van der Waals surface area (Å²) in [6.07, 6.45) is 10.3. The summed E-state index contributed by atoms with van der Waals surface area (Å²) in [6.45, 7) is 10.8. The third kappa shape index (κ3) is 2.76. The predicted octanol–water partition coefficient (Wildman–Crippen LogP) is 4.52. The van der Waals surface area contributed by atoms with Gasteiger partial charge >= 0.3 is 0 Å². The fourth-order valence-electron chi connectivity index (χ4n) is 6.05. The van der Waals surface area contributed by atoms with E-state index in [4.69, 9.17) is 0 Å². The number of hydrogen-bond acceptors (Lipinski definition) is 3. The van der Waals surface area contributed by atoms with E-state index in [9.17, 15) is 13.2 Å². The second kappa shape index (κ2) is 6.96. The highest BCUT2D eigenvalue weighted by molar-refractivity contribution is 7.90. The average molecular weight is 382 g/mol. The zero-order valence-corrected chi connectivity index (χ0v) is 17.5. The molecule has 1 amide bonds. The molecule has 3 fully saturated rings. The predicted molar refractivity (Wildman–Crippen MR) is 105 cm³/mol. The van der Waals surface area contributed by atoms with E-state index in [2.05, 4.69) is 27.4 Å². The number of fused-ring (bicyclic) bond motifs is 1. The molecule has 0 aromatic rings. The van der Waals surface area contributed by atoms with Gasteiger partial charge in [-0.3, -0.25) is 4.79 Å². The molecular formula is C21H35NO3S. The Balaban J connectivity index is 1.80. The first kappa shape index (κ1) is 19.9. The van der Waals surface area contributed by atoms with Gasteiger partial charge in [0.1, 0.15) is 0 Å². The molecule has 4 atom stereocenters. The van der Waals surface area contributed by atoms with Gasteiger partial charge < -0.3 is 0 Å². The Morgan fingerprint density at radius 2 is 2.04 bits per heavy atom. The Bertz CT molecular complexity index is 669. The largest absolute Gasteiger partial charge is 0.273 e. The van der Waals surface area contributed by atoms with Gasteiger partial charge in [0.2, 0.25) is 15.9 Å². The van der Waals surface area contributed by atoms with Crippen LogP contribution < -0.4 is 0 Å². The molecule has 1 saturated heterocycles. The Labute approximate surface area is 159 Å². The summed E-state index contributed by atoms with van der Waals surface area (Å²) in [4.78, 5) is 13.2. The number of unbranched alkanes of at least 4 members (excludes halogenated alkanes) is 3. The molecule has 26 heavy (non-hydrogen) atoms. The zero-order chi connectivity index (χ0) is 19.2. The van der Waals surface area contributed by atoms with Crippen LogP contribution in [0.4, 0.5) is 0 Å². The molecule has 2 bridgehead atoms. The fraction of sp³-hybridized carbons (Fsp3) is 0.857. The lowest BCUT2D eigenvalue weighted by Gasteiger charge is -2.36. The van der Waals surface area contributed by atoms with Crippen molar-refractivity contribution in [3.05, 3.63) is 12.7 Å². The van der Waals surface area contributed by atoms with Gasteiger partial charge in [0.25, 0.3) is 0 Å². The summed E-state index contributed by atoms with van der Waals surface area (Å²) in [5, 5.41) is -0.350. The molecule has 0 aromatic heterocycles. The minimum atomic E-state index is -3.52. The molecule has 2 aliphatic carbocycles. The minimum Gasteiger partial charge on any atom is -0.273 e. The molecule has 1 aliphatic heterocycles. The Morgan fingerprint density at radius 1 is 1.31 bits per heavy atom. The van der Waals surface area contributed by atoms with E-state index >= 15 is 0 Å². The van der Waals surface area contributed by atoms with E-state index in [1.165, 1.54) is 4.31 Å². The topological polar surface area (TPSA) is 54.5 Å². The van der Waals surface area contributed by atoms with Crippen molar-refractivity contribution in [1.82, 2.24) is 4.31 Å². The van der Waals surface area contributed by atoms with Crippen molar-refractivity contribution in [2.45, 2.75) is 83.8 Å². The number of carbonyl (C=O) groups excluding carboxylic acids is 1. The van der Waals surface area contributed by atoms with Gasteiger partial charge in [0, 0.05) is 17.9 Å². The first-order chi connectivity index (χ1) is 12.2. The Kier molecular flexibility index (Phi) is 5.33. The van der Waals surface area contributed by atoms with E-state index in [0.717, 1.165) is 51.4 Å². The fourth-order valence-corrected chi connectivity index (χ4v) is 8.71. The van der Waals surface area contributed by atoms with Crippen LogP contribution in [0.2, 0.25) is 0 Å². The molecule has 5 heteroatoms. The lowest BCUT2D eigenvalue weighted by molar-refractivity contribution is -0.131. The zero-order valence-electron chi connectivity index (χ0n) is 16.7. The van der Waals surface area contributed by atoms with Crippen molar-refractivity contribution in [3.63, 3.8) is 0 Å². The van der Waals surface area contributed by atoms with Crippen molar-refractivity contribution in [2.75, 3.05) is 6.54 Å². The standard InChI is InChI=1S/C21H35NO3S/c1-5-7-8-9-11-16(10-6-2)19(23)22-15-21-13-12-17(20(21,3)4)14-18(21)26(22,24)25/h6,16-18H,2,5,7-15H2,1,3-4H3/t16-,17?,18?,21+/m1/s1. The molecule has 4 nitrogen and oxygen atoms in total. The van der Waals surface area contributed by atoms with Crippen LogP contribution in [-0.2, 0) is 14.8 Å². The maximum Gasteiger partial charge on any atom is 0.240 e. The van der Waals surface area contributed by atoms with E-state index in [0.29, 0.717) is 18.9 Å². The van der Waals surface area contributed by atoms with Crippen molar-refractivity contribution in [1.29, 1.82) is 0 Å². The van der Waals surface area contributed by atoms with Crippen LogP contribution in [0.3, 0.4) is 0 Å². The number of nitrogens with zero attached hydrogens (tertiary/aromatic N) is 1. The van der Waals surface area contributed by atoms with Crippen LogP contribution in [-0.4, -0.2) is 30.4 Å². The van der Waals surface area contributed by atoms with E-state index < -0.39 is 10.0 Å². The van der Waals surface area contributed by atoms with Crippen molar-refractivity contribution >= 4 is 15.9 Å². The van der Waals surface area contributed by atoms with Crippen molar-refractivity contribution in [3.8, 4) is 0 Å². The summed E-state index contributed by atoms with van der Waals surface area (Å²) in [5.74, 6) is 0.0663. The smallest absolute Gasteiger partial charge is 0.240 e. The molecular weight excluding hydrogens is 346 g/mol. The summed E-state index contributed by atoms with van der Waals surface area (Å²) in [7, 11) is -3.52. The maximum atomic E-state index is 13.3. The molecule has 0 N–H and O–H groups in total. The van der Waals surface area contributed by atoms with Crippen LogP contribution >= 0.6 is 0 Å². The molecule has 2 saturated carbocycles. The monoisotopic (exact) mass is 381 g/mol. The van der Waals surface area contributed by atoms with E-state index in [1.54, 1.807) is 6.08 Å². The SMILES string of the molecule is C=CC[C@H](CCCCCC)C(=O)N1C[C@@]23CCC(CC2S1(=O)=O)C3(C)C. The third-order valence-corrected chi connectivity index (χ3v) is 10.2. The number of sulfonamides is 1. The maximum absolute atomic E-state index is 13.3. The van der Waals surface area contributed by atoms with Crippen LogP contribution in [0.15, 0.2) is 12.7 Å². The Morgan fingerprint density at radius 3 is 2.62 bits per heavy atom. The van der Waals surface area contributed by atoms with Gasteiger partial charge in [-0.05, 0) is 43.4 Å². The van der Waals surface area contributed by atoms with E-state index in [-0.39, 0.29) is 27.9 Å². The second-order valence-electron chi connectivity index (χ2n) is 9.30. The summed E-state index contributed by atoms with van der Waals surface area (Å²) in [6, 6.07) is 0. The summed E-state index contributed by atoms with van der Waals surface area (Å²) < 4.78 is 27.8. The molecule has 1 heterocycles. The first-order valence-electron chi connectivity index (χ1n) is 10.4. The third-order valence-electron chi connectivity index (χ3n) is 7.90. The van der Waals surface area contributed by atoms with Crippen LogP contribution in [0, 0.1) is 22.7 Å². The molecule has 0 aromatic carbocycles. The molecule has 2 unspecified atom stereocenters. The summed E-state index contributed by atoms with van der Waals surface area (Å²) in [5.41, 5.74) is -0.220. The quantitative estimate of drug-likeness (QED) is 0.459. The molecule has 148 valence electrons. The lowest BCUT2D eigenvalue weighted by Crippen LogP contribution is -2.41. The molecule has 3 aliphatic rings. The van der Waals surface area contributed by atoms with Crippen LogP contribution in [0.25, 0.3) is 0 Å². The van der Waals surface area contributed by atoms with Crippen molar-refractivity contribution < 1.29 is 13.2 Å². The lowest BCUT2D eigenvalue weighted by atomic mass is 9.69. The highest BCUT2D eigenvalue weighted by Crippen LogP contribution is 2.70. The van der Waals surface area contributed by atoms with Gasteiger partial charge in [-0.2, -0.15) is 0 Å². The van der Waals surface area contributed by atoms with Gasteiger partial charge in [0.05, 0.1) is 5.25 Å². The van der Waals surface area contributed by atoms with Crippen LogP contribution in [0.1, 0.15) is 78.6 Å². The molecule has 3 rings (SSSR count).